The molecule has 9 nitrogen and oxygen atoms in total. The number of piperidine rings is 1. The Labute approximate surface area is 274 Å². The fourth-order valence-electron chi connectivity index (χ4n) is 7.91. The van der Waals surface area contributed by atoms with Crippen molar-refractivity contribution in [1.29, 1.82) is 0 Å². The molecule has 2 N–H and O–H groups in total. The van der Waals surface area contributed by atoms with Crippen molar-refractivity contribution in [2.75, 3.05) is 44.2 Å². The van der Waals surface area contributed by atoms with Crippen molar-refractivity contribution >= 4 is 34.2 Å². The van der Waals surface area contributed by atoms with Crippen molar-refractivity contribution in [1.82, 2.24) is 25.2 Å². The molecule has 3 saturated heterocycles. The van der Waals surface area contributed by atoms with Gasteiger partial charge in [-0.05, 0) is 63.1 Å². The summed E-state index contributed by atoms with van der Waals surface area (Å²) in [4.78, 5) is 30.1. The van der Waals surface area contributed by atoms with Crippen LogP contribution in [0, 0.1) is 11.7 Å². The van der Waals surface area contributed by atoms with E-state index in [1.54, 1.807) is 0 Å². The number of fused-ring (bicyclic) bond motifs is 9. The molecule has 1 amide bonds. The molecule has 47 heavy (non-hydrogen) atoms. The van der Waals surface area contributed by atoms with E-state index in [-0.39, 0.29) is 53.8 Å². The van der Waals surface area contributed by atoms with E-state index < -0.39 is 51.9 Å². The molecule has 252 valence electrons. The molecule has 1 unspecified atom stereocenters. The number of amides is 1. The molecule has 8 rings (SSSR count). The van der Waals surface area contributed by atoms with Crippen LogP contribution in [0.5, 0.6) is 11.8 Å². The minimum absolute atomic E-state index is 0.102. The van der Waals surface area contributed by atoms with Crippen LogP contribution in [0.1, 0.15) is 63.4 Å². The van der Waals surface area contributed by atoms with Crippen molar-refractivity contribution < 1.29 is 32.2 Å². The molecular formula is C33H37ClF4N6O3. The van der Waals surface area contributed by atoms with Crippen LogP contribution in [0.25, 0.3) is 22.2 Å². The number of phenols is 1. The number of halogens is 5. The molecule has 2 aromatic heterocycles. The quantitative estimate of drug-likeness (QED) is 0.319. The molecule has 0 aliphatic carbocycles. The monoisotopic (exact) mass is 676 g/mol. The number of hydrogen-bond acceptors (Lipinski definition) is 8. The summed E-state index contributed by atoms with van der Waals surface area (Å²) in [5, 5.41) is 13.0. The lowest BCUT2D eigenvalue weighted by atomic mass is 9.93. The number of hydrogen-bond donors (Lipinski definition) is 2. The van der Waals surface area contributed by atoms with Gasteiger partial charge in [0.25, 0.3) is 5.92 Å². The molecule has 5 aliphatic heterocycles. The first-order chi connectivity index (χ1) is 22.5. The molecule has 3 fully saturated rings. The number of carbonyl (C=O) groups is 1. The number of aromatic hydroxyl groups is 1. The number of nitrogens with one attached hydrogen (secondary N) is 1. The summed E-state index contributed by atoms with van der Waals surface area (Å²) in [6.45, 7) is 2.84. The summed E-state index contributed by atoms with van der Waals surface area (Å²) in [5.41, 5.74) is -2.21. The van der Waals surface area contributed by atoms with Gasteiger partial charge in [-0.1, -0.05) is 11.6 Å². The number of pyridine rings is 1. The highest BCUT2D eigenvalue weighted by Gasteiger charge is 2.49. The molecule has 3 atom stereocenters. The molecule has 14 heteroatoms. The maximum absolute atomic E-state index is 16.7. The zero-order chi connectivity index (χ0) is 32.9. The lowest BCUT2D eigenvalue weighted by Crippen LogP contribution is -2.43. The highest BCUT2D eigenvalue weighted by Crippen LogP contribution is 2.46. The molecule has 1 aromatic carbocycles. The van der Waals surface area contributed by atoms with Crippen molar-refractivity contribution in [2.45, 2.75) is 75.4 Å². The maximum Gasteiger partial charge on any atom is 0.319 e. The SMILES string of the molecule is O=C1CCCC(F)(F)c2c(Cl)cc(O)cc2-c2ncc3c(nc(OC[C@@]45CCCN4C[C@H](F)C5)nc3c2F)N2CCCC(CCN1)C2. The summed E-state index contributed by atoms with van der Waals surface area (Å²) in [6, 6.07) is 1.88. The highest BCUT2D eigenvalue weighted by atomic mass is 35.5. The van der Waals surface area contributed by atoms with Gasteiger partial charge in [0.05, 0.1) is 15.9 Å². The van der Waals surface area contributed by atoms with Gasteiger partial charge in [0.15, 0.2) is 5.82 Å². The molecule has 0 radical (unpaired) electrons. The summed E-state index contributed by atoms with van der Waals surface area (Å²) in [5.74, 6) is -4.74. The second kappa shape index (κ2) is 12.5. The molecule has 0 saturated carbocycles. The second-order valence-electron chi connectivity index (χ2n) is 13.4. The summed E-state index contributed by atoms with van der Waals surface area (Å²) in [6.07, 6.45) is 3.86. The number of ether oxygens (including phenoxy) is 1. The first-order valence-corrected chi connectivity index (χ1v) is 16.7. The van der Waals surface area contributed by atoms with E-state index in [9.17, 15) is 14.3 Å². The van der Waals surface area contributed by atoms with Crippen LogP contribution in [-0.2, 0) is 10.7 Å². The Morgan fingerprint density at radius 1 is 1.11 bits per heavy atom. The third kappa shape index (κ3) is 6.16. The Bertz CT molecular complexity index is 1700. The molecule has 6 bridgehead atoms. The van der Waals surface area contributed by atoms with Gasteiger partial charge in [0.1, 0.15) is 35.6 Å². The zero-order valence-corrected chi connectivity index (χ0v) is 26.6. The normalized spacial score (nSPS) is 26.6. The van der Waals surface area contributed by atoms with Gasteiger partial charge in [0, 0.05) is 62.8 Å². The summed E-state index contributed by atoms with van der Waals surface area (Å²) < 4.78 is 69.0. The average Bonchev–Trinajstić information content (AvgIpc) is 3.55. The summed E-state index contributed by atoms with van der Waals surface area (Å²) >= 11 is 6.29. The number of rotatable bonds is 3. The molecule has 3 aromatic rings. The van der Waals surface area contributed by atoms with Gasteiger partial charge in [0.2, 0.25) is 5.91 Å². The van der Waals surface area contributed by atoms with Gasteiger partial charge in [-0.15, -0.1) is 0 Å². The van der Waals surface area contributed by atoms with E-state index in [2.05, 4.69) is 20.2 Å². The zero-order valence-electron chi connectivity index (χ0n) is 25.9. The largest absolute Gasteiger partial charge is 0.508 e. The first-order valence-electron chi connectivity index (χ1n) is 16.3. The minimum Gasteiger partial charge on any atom is -0.508 e. The molecule has 0 spiro atoms. The van der Waals surface area contributed by atoms with E-state index in [1.807, 2.05) is 4.90 Å². The predicted octanol–water partition coefficient (Wildman–Crippen LogP) is 6.14. The standard InChI is InChI=1S/C33H37ClF4N6O3/c34-24-13-21(45)12-22-26(24)33(37,38)8-1-5-25(46)39-9-6-19-4-2-10-43(16-19)30-23-15-40-28(22)27(36)29(23)41-31(42-30)47-18-32-7-3-11-44(32)17-20(35)14-32/h12-13,15,19-20,45H,1-11,14,16-18H2,(H,39,46)/t19?,20-,32+/m1/s1. The average molecular weight is 677 g/mol. The maximum atomic E-state index is 16.7. The van der Waals surface area contributed by atoms with Gasteiger partial charge < -0.3 is 20.1 Å². The fraction of sp³-hybridized carbons (Fsp3) is 0.576. The number of carbonyl (C=O) groups excluding carboxylic acids is 1. The van der Waals surface area contributed by atoms with Crippen molar-refractivity contribution in [2.24, 2.45) is 5.92 Å². The van der Waals surface area contributed by atoms with E-state index >= 15 is 13.2 Å². The number of anilines is 1. The van der Waals surface area contributed by atoms with E-state index in [1.165, 1.54) is 6.20 Å². The van der Waals surface area contributed by atoms with E-state index in [0.29, 0.717) is 44.8 Å². The minimum atomic E-state index is -3.58. The summed E-state index contributed by atoms with van der Waals surface area (Å²) in [7, 11) is 0. The second-order valence-corrected chi connectivity index (χ2v) is 13.8. The van der Waals surface area contributed by atoms with Gasteiger partial charge in [-0.3, -0.25) is 14.7 Å². The third-order valence-corrected chi connectivity index (χ3v) is 10.5. The predicted molar refractivity (Wildman–Crippen MR) is 168 cm³/mol. The number of benzene rings is 1. The van der Waals surface area contributed by atoms with Crippen molar-refractivity contribution in [3.8, 4) is 23.0 Å². The third-order valence-electron chi connectivity index (χ3n) is 10.2. The Hall–Kier alpha value is -3.45. The Morgan fingerprint density at radius 2 is 1.96 bits per heavy atom. The smallest absolute Gasteiger partial charge is 0.319 e. The molecule has 5 aliphatic rings. The number of aromatic nitrogens is 3. The van der Waals surface area contributed by atoms with Crippen LogP contribution in [0.15, 0.2) is 18.3 Å². The van der Waals surface area contributed by atoms with Crippen LogP contribution in [0.3, 0.4) is 0 Å². The van der Waals surface area contributed by atoms with Crippen LogP contribution >= 0.6 is 11.6 Å². The van der Waals surface area contributed by atoms with Crippen LogP contribution < -0.4 is 15.0 Å². The topological polar surface area (TPSA) is 104 Å². The number of alkyl halides is 3. The Balaban J connectivity index is 1.37. The van der Waals surface area contributed by atoms with Crippen LogP contribution in [0.4, 0.5) is 23.4 Å². The van der Waals surface area contributed by atoms with E-state index in [4.69, 9.17) is 21.3 Å². The first kappa shape index (κ1) is 32.1. The lowest BCUT2D eigenvalue weighted by Gasteiger charge is -2.34. The van der Waals surface area contributed by atoms with Crippen molar-refractivity contribution in [3.05, 3.63) is 34.7 Å². The molecule has 7 heterocycles. The highest BCUT2D eigenvalue weighted by molar-refractivity contribution is 6.32. The Kier molecular flexibility index (Phi) is 8.57. The van der Waals surface area contributed by atoms with Gasteiger partial charge >= 0.3 is 6.01 Å². The molecular weight excluding hydrogens is 640 g/mol. The fourth-order valence-corrected chi connectivity index (χ4v) is 8.26. The number of nitrogens with zero attached hydrogens (tertiary/aromatic N) is 5. The lowest BCUT2D eigenvalue weighted by molar-refractivity contribution is -0.121. The van der Waals surface area contributed by atoms with Gasteiger partial charge in [-0.2, -0.15) is 9.97 Å². The van der Waals surface area contributed by atoms with E-state index in [0.717, 1.165) is 44.4 Å². The van der Waals surface area contributed by atoms with Crippen LogP contribution in [-0.4, -0.2) is 81.9 Å². The van der Waals surface area contributed by atoms with Gasteiger partial charge in [-0.25, -0.2) is 17.6 Å². The van der Waals surface area contributed by atoms with Crippen molar-refractivity contribution in [3.63, 3.8) is 0 Å². The van der Waals surface area contributed by atoms with Crippen LogP contribution in [0.2, 0.25) is 5.02 Å². The Morgan fingerprint density at radius 3 is 2.81 bits per heavy atom. The number of phenolic OH excluding ortho intramolecular Hbond substituents is 1.